The highest BCUT2D eigenvalue weighted by molar-refractivity contribution is 5.92. The largest absolute Gasteiger partial charge is 0.451 e. The molecule has 0 N–H and O–H groups in total. The summed E-state index contributed by atoms with van der Waals surface area (Å²) in [6.45, 7) is 1.49. The van der Waals surface area contributed by atoms with Gasteiger partial charge in [0.2, 0.25) is 5.82 Å². The summed E-state index contributed by atoms with van der Waals surface area (Å²) in [7, 11) is 0. The molecule has 0 fully saturated rings. The molecular weight excluding hydrogens is 396 g/mol. The fraction of sp³-hybridized carbons (Fsp3) is 0.278. The van der Waals surface area contributed by atoms with Crippen molar-refractivity contribution in [3.8, 4) is 11.7 Å². The normalized spacial score (nSPS) is 16.6. The lowest BCUT2D eigenvalue weighted by atomic mass is 10.2. The third-order valence-electron chi connectivity index (χ3n) is 4.51. The summed E-state index contributed by atoms with van der Waals surface area (Å²) in [5.74, 6) is -1.96. The first-order valence-electron chi connectivity index (χ1n) is 8.58. The number of aromatic nitrogens is 3. The molecule has 29 heavy (non-hydrogen) atoms. The zero-order chi connectivity index (χ0) is 20.8. The Balaban J connectivity index is 1.52. The summed E-state index contributed by atoms with van der Waals surface area (Å²) in [5.41, 5.74) is 0. The van der Waals surface area contributed by atoms with E-state index in [0.29, 0.717) is 0 Å². The summed E-state index contributed by atoms with van der Waals surface area (Å²) in [5, 5.41) is 6.83. The molecule has 0 bridgehead atoms. The van der Waals surface area contributed by atoms with Gasteiger partial charge in [-0.3, -0.25) is 4.79 Å². The molecule has 2 aromatic heterocycles. The lowest BCUT2D eigenvalue weighted by molar-refractivity contribution is -0.148. The van der Waals surface area contributed by atoms with Gasteiger partial charge in [-0.15, -0.1) is 10.2 Å². The van der Waals surface area contributed by atoms with Crippen molar-refractivity contribution in [1.29, 1.82) is 0 Å². The van der Waals surface area contributed by atoms with Crippen LogP contribution in [0.15, 0.2) is 40.8 Å². The van der Waals surface area contributed by atoms with E-state index in [2.05, 4.69) is 10.2 Å². The Hall–Kier alpha value is -3.37. The average molecular weight is 410 g/mol. The highest BCUT2D eigenvalue weighted by Crippen LogP contribution is 2.33. The standard InChI is InChI=1S/C18H14F4N4O3/c1-10-15-23-24-17(18(20,21)22)26(15)8-7-25(10)16(27)13-5-6-14(29-13)28-12-4-2-3-11(19)9-12/h2-6,9-10H,7-8H2,1H3. The second-order valence-electron chi connectivity index (χ2n) is 6.38. The van der Waals surface area contributed by atoms with Crippen LogP contribution in [-0.2, 0) is 12.7 Å². The molecule has 0 saturated heterocycles. The third-order valence-corrected chi connectivity index (χ3v) is 4.51. The summed E-state index contributed by atoms with van der Waals surface area (Å²) >= 11 is 0. The van der Waals surface area contributed by atoms with Crippen molar-refractivity contribution in [2.75, 3.05) is 6.54 Å². The second kappa shape index (κ2) is 6.90. The molecule has 3 aromatic rings. The Labute approximate surface area is 161 Å². The van der Waals surface area contributed by atoms with Crippen LogP contribution in [0.4, 0.5) is 17.6 Å². The van der Waals surface area contributed by atoms with Crippen LogP contribution < -0.4 is 4.74 Å². The van der Waals surface area contributed by atoms with Crippen LogP contribution in [0, 0.1) is 5.82 Å². The molecule has 0 spiro atoms. The van der Waals surface area contributed by atoms with Gasteiger partial charge in [0.25, 0.3) is 11.9 Å². The number of carbonyl (C=O) groups excluding carboxylic acids is 1. The number of benzene rings is 1. The van der Waals surface area contributed by atoms with Crippen LogP contribution in [0.1, 0.15) is 35.2 Å². The molecule has 4 rings (SSSR count). The number of rotatable bonds is 3. The Morgan fingerprint density at radius 1 is 1.21 bits per heavy atom. The van der Waals surface area contributed by atoms with Crippen LogP contribution in [0.25, 0.3) is 0 Å². The fourth-order valence-electron chi connectivity index (χ4n) is 3.15. The highest BCUT2D eigenvalue weighted by Gasteiger charge is 2.42. The summed E-state index contributed by atoms with van der Waals surface area (Å²) < 4.78 is 64.0. The van der Waals surface area contributed by atoms with E-state index in [1.54, 1.807) is 6.92 Å². The van der Waals surface area contributed by atoms with Gasteiger partial charge in [-0.2, -0.15) is 13.2 Å². The van der Waals surface area contributed by atoms with Gasteiger partial charge in [0, 0.05) is 25.2 Å². The van der Waals surface area contributed by atoms with Gasteiger partial charge in [-0.25, -0.2) is 4.39 Å². The predicted octanol–water partition coefficient (Wildman–Crippen LogP) is 4.04. The van der Waals surface area contributed by atoms with Crippen LogP contribution >= 0.6 is 0 Å². The molecule has 11 heteroatoms. The lowest BCUT2D eigenvalue weighted by Crippen LogP contribution is -2.41. The van der Waals surface area contributed by atoms with Gasteiger partial charge in [-0.1, -0.05) is 6.07 Å². The van der Waals surface area contributed by atoms with Crippen LogP contribution in [-0.4, -0.2) is 32.1 Å². The molecule has 0 radical (unpaired) electrons. The maximum absolute atomic E-state index is 13.2. The van der Waals surface area contributed by atoms with Crippen LogP contribution in [0.2, 0.25) is 0 Å². The van der Waals surface area contributed by atoms with E-state index in [1.807, 2.05) is 0 Å². The quantitative estimate of drug-likeness (QED) is 0.610. The number of carbonyl (C=O) groups is 1. The zero-order valence-corrected chi connectivity index (χ0v) is 15.0. The third kappa shape index (κ3) is 3.55. The van der Waals surface area contributed by atoms with E-state index in [-0.39, 0.29) is 36.4 Å². The first-order chi connectivity index (χ1) is 13.7. The SMILES string of the molecule is CC1c2nnc(C(F)(F)F)n2CCN1C(=O)c1ccc(Oc2cccc(F)c2)o1. The molecule has 1 aliphatic rings. The number of amides is 1. The Bertz CT molecular complexity index is 1060. The minimum Gasteiger partial charge on any atom is -0.426 e. The topological polar surface area (TPSA) is 73.4 Å². The molecule has 1 unspecified atom stereocenters. The van der Waals surface area contributed by atoms with Gasteiger partial charge in [-0.05, 0) is 25.1 Å². The molecule has 1 aromatic carbocycles. The van der Waals surface area contributed by atoms with Gasteiger partial charge in [0.1, 0.15) is 11.6 Å². The van der Waals surface area contributed by atoms with Crippen molar-refractivity contribution in [3.05, 3.63) is 59.6 Å². The van der Waals surface area contributed by atoms with Crippen molar-refractivity contribution in [1.82, 2.24) is 19.7 Å². The van der Waals surface area contributed by atoms with E-state index in [9.17, 15) is 22.4 Å². The molecule has 1 aliphatic heterocycles. The first kappa shape index (κ1) is 19.0. The smallest absolute Gasteiger partial charge is 0.426 e. The van der Waals surface area contributed by atoms with Gasteiger partial charge in [0.05, 0.1) is 6.04 Å². The van der Waals surface area contributed by atoms with Gasteiger partial charge in [0.15, 0.2) is 11.6 Å². The molecule has 0 saturated carbocycles. The van der Waals surface area contributed by atoms with E-state index < -0.39 is 29.8 Å². The van der Waals surface area contributed by atoms with Crippen molar-refractivity contribution >= 4 is 5.91 Å². The minimum absolute atomic E-state index is 0.0221. The second-order valence-corrected chi connectivity index (χ2v) is 6.38. The molecule has 7 nitrogen and oxygen atoms in total. The van der Waals surface area contributed by atoms with Crippen molar-refractivity contribution in [2.24, 2.45) is 0 Å². The molecule has 1 amide bonds. The van der Waals surface area contributed by atoms with E-state index in [1.165, 1.54) is 35.2 Å². The average Bonchev–Trinajstić information content (AvgIpc) is 3.28. The number of hydrogen-bond acceptors (Lipinski definition) is 5. The van der Waals surface area contributed by atoms with Gasteiger partial charge >= 0.3 is 6.18 Å². The number of halogens is 4. The van der Waals surface area contributed by atoms with Crippen LogP contribution in [0.5, 0.6) is 11.7 Å². The van der Waals surface area contributed by atoms with Crippen molar-refractivity contribution in [2.45, 2.75) is 25.7 Å². The number of alkyl halides is 3. The number of nitrogens with zero attached hydrogens (tertiary/aromatic N) is 4. The van der Waals surface area contributed by atoms with E-state index >= 15 is 0 Å². The Morgan fingerprint density at radius 2 is 2.00 bits per heavy atom. The van der Waals surface area contributed by atoms with E-state index in [0.717, 1.165) is 10.6 Å². The molecule has 1 atom stereocenters. The number of furan rings is 1. The highest BCUT2D eigenvalue weighted by atomic mass is 19.4. The maximum Gasteiger partial charge on any atom is 0.451 e. The number of fused-ring (bicyclic) bond motifs is 1. The molecule has 0 aliphatic carbocycles. The summed E-state index contributed by atoms with van der Waals surface area (Å²) in [4.78, 5) is 14.1. The van der Waals surface area contributed by atoms with Crippen molar-refractivity contribution in [3.63, 3.8) is 0 Å². The zero-order valence-electron chi connectivity index (χ0n) is 15.0. The molecule has 3 heterocycles. The monoisotopic (exact) mass is 410 g/mol. The first-order valence-corrected chi connectivity index (χ1v) is 8.58. The predicted molar refractivity (Wildman–Crippen MR) is 89.7 cm³/mol. The summed E-state index contributed by atoms with van der Waals surface area (Å²) in [6, 6.07) is 7.43. The number of ether oxygens (including phenoxy) is 1. The molecular formula is C18H14F4N4O3. The minimum atomic E-state index is -4.62. The van der Waals surface area contributed by atoms with Crippen LogP contribution in [0.3, 0.4) is 0 Å². The van der Waals surface area contributed by atoms with Crippen molar-refractivity contribution < 1.29 is 31.5 Å². The maximum atomic E-state index is 13.2. The van der Waals surface area contributed by atoms with Gasteiger partial charge < -0.3 is 18.6 Å². The molecule has 152 valence electrons. The number of hydrogen-bond donors (Lipinski definition) is 0. The summed E-state index contributed by atoms with van der Waals surface area (Å²) in [6.07, 6.45) is -4.62. The Morgan fingerprint density at radius 3 is 2.72 bits per heavy atom. The lowest BCUT2D eigenvalue weighted by Gasteiger charge is -2.33. The van der Waals surface area contributed by atoms with E-state index in [4.69, 9.17) is 9.15 Å². The Kier molecular flexibility index (Phi) is 4.52. The fourth-order valence-corrected chi connectivity index (χ4v) is 3.15.